The average Bonchev–Trinajstić information content (AvgIpc) is 3.46. The van der Waals surface area contributed by atoms with Crippen LogP contribution in [-0.4, -0.2) is 63.4 Å². The summed E-state index contributed by atoms with van der Waals surface area (Å²) in [5, 5.41) is 10.5. The van der Waals surface area contributed by atoms with Crippen LogP contribution in [0, 0.1) is 11.8 Å². The number of pyridine rings is 1. The smallest absolute Gasteiger partial charge is 0.277 e. The molecule has 2 aromatic heterocycles. The second-order valence-corrected chi connectivity index (χ2v) is 8.05. The van der Waals surface area contributed by atoms with Crippen LogP contribution >= 0.6 is 11.6 Å². The summed E-state index contributed by atoms with van der Waals surface area (Å²) in [7, 11) is 0. The minimum atomic E-state index is -0.329. The van der Waals surface area contributed by atoms with Crippen molar-refractivity contribution in [2.45, 2.75) is 24.5 Å². The molecule has 4 atom stereocenters. The van der Waals surface area contributed by atoms with E-state index in [0.717, 1.165) is 12.8 Å². The van der Waals surface area contributed by atoms with Gasteiger partial charge in [0.25, 0.3) is 11.8 Å². The van der Waals surface area contributed by atoms with Crippen LogP contribution < -0.4 is 5.32 Å². The van der Waals surface area contributed by atoms with Crippen LogP contribution in [0.2, 0.25) is 5.02 Å². The summed E-state index contributed by atoms with van der Waals surface area (Å²) in [6.07, 6.45) is 6.26. The lowest BCUT2D eigenvalue weighted by Gasteiger charge is -2.29. The zero-order valence-electron chi connectivity index (χ0n) is 14.9. The van der Waals surface area contributed by atoms with Gasteiger partial charge in [-0.3, -0.25) is 14.6 Å². The predicted octanol–water partition coefficient (Wildman–Crippen LogP) is 1.17. The molecule has 2 amide bonds. The Balaban J connectivity index is 1.28. The summed E-state index contributed by atoms with van der Waals surface area (Å²) >= 11 is 5.91. The average molecular weight is 404 g/mol. The number of rotatable bonds is 4. The van der Waals surface area contributed by atoms with Crippen molar-refractivity contribution in [1.82, 2.24) is 25.5 Å². The summed E-state index contributed by atoms with van der Waals surface area (Å²) in [4.78, 5) is 30.8. The van der Waals surface area contributed by atoms with Crippen molar-refractivity contribution in [3.05, 3.63) is 40.9 Å². The molecule has 1 spiro atoms. The highest BCUT2D eigenvalue weighted by molar-refractivity contribution is 6.30. The lowest BCUT2D eigenvalue weighted by Crippen LogP contribution is -2.41. The normalized spacial score (nSPS) is 30.5. The number of nitrogens with one attached hydrogen (secondary N) is 1. The molecule has 10 heteroatoms. The Bertz CT molecular complexity index is 922. The molecule has 0 aromatic carbocycles. The SMILES string of the molecule is O=C(NC[C@H]1[C@H]2CN(C(=O)c3cnon3)C[C@]23CC[C@H]1O3)c1cncc(Cl)c1. The number of amides is 2. The number of carbonyl (C=O) groups is 2. The summed E-state index contributed by atoms with van der Waals surface area (Å²) < 4.78 is 10.9. The van der Waals surface area contributed by atoms with E-state index in [-0.39, 0.29) is 41.0 Å². The van der Waals surface area contributed by atoms with Crippen LogP contribution in [0.4, 0.5) is 0 Å². The van der Waals surface area contributed by atoms with E-state index in [4.69, 9.17) is 16.3 Å². The molecule has 0 radical (unpaired) electrons. The molecule has 9 nitrogen and oxygen atoms in total. The number of fused-ring (bicyclic) bond motifs is 1. The Labute approximate surface area is 165 Å². The third-order valence-electron chi connectivity index (χ3n) is 6.12. The van der Waals surface area contributed by atoms with Crippen LogP contribution in [-0.2, 0) is 4.74 Å². The van der Waals surface area contributed by atoms with Crippen LogP contribution in [0.25, 0.3) is 0 Å². The van der Waals surface area contributed by atoms with Gasteiger partial charge in [-0.15, -0.1) is 0 Å². The fourth-order valence-corrected chi connectivity index (χ4v) is 5.06. The molecule has 2 bridgehead atoms. The number of aromatic nitrogens is 3. The molecular formula is C18H18ClN5O4. The van der Waals surface area contributed by atoms with Crippen LogP contribution in [0.3, 0.4) is 0 Å². The maximum absolute atomic E-state index is 12.6. The molecular weight excluding hydrogens is 386 g/mol. The van der Waals surface area contributed by atoms with Crippen molar-refractivity contribution in [3.8, 4) is 0 Å². The number of likely N-dealkylation sites (tertiary alicyclic amines) is 1. The van der Waals surface area contributed by atoms with Gasteiger partial charge in [0.15, 0.2) is 5.69 Å². The molecule has 3 aliphatic heterocycles. The maximum Gasteiger partial charge on any atom is 0.277 e. The number of hydrogen-bond donors (Lipinski definition) is 1. The minimum absolute atomic E-state index is 0.105. The van der Waals surface area contributed by atoms with E-state index >= 15 is 0 Å². The van der Waals surface area contributed by atoms with Gasteiger partial charge in [-0.25, -0.2) is 4.63 Å². The first-order valence-corrected chi connectivity index (χ1v) is 9.57. The molecule has 2 aromatic rings. The molecule has 0 aliphatic carbocycles. The fraction of sp³-hybridized carbons (Fsp3) is 0.500. The number of ether oxygens (including phenoxy) is 1. The Morgan fingerprint density at radius 1 is 1.36 bits per heavy atom. The lowest BCUT2D eigenvalue weighted by molar-refractivity contribution is 0.00306. The van der Waals surface area contributed by atoms with Gasteiger partial charge in [0.1, 0.15) is 6.20 Å². The number of halogens is 1. The molecule has 3 aliphatic rings. The molecule has 0 saturated carbocycles. The molecule has 28 heavy (non-hydrogen) atoms. The molecule has 1 N–H and O–H groups in total. The van der Waals surface area contributed by atoms with E-state index in [2.05, 4.69) is 25.2 Å². The van der Waals surface area contributed by atoms with Gasteiger partial charge < -0.3 is 15.0 Å². The van der Waals surface area contributed by atoms with Gasteiger partial charge in [-0.1, -0.05) is 16.8 Å². The summed E-state index contributed by atoms with van der Waals surface area (Å²) in [5.41, 5.74) is 0.294. The first-order chi connectivity index (χ1) is 13.6. The zero-order valence-corrected chi connectivity index (χ0v) is 15.6. The fourth-order valence-electron chi connectivity index (χ4n) is 4.89. The Kier molecular flexibility index (Phi) is 4.09. The van der Waals surface area contributed by atoms with Crippen molar-refractivity contribution >= 4 is 23.4 Å². The van der Waals surface area contributed by atoms with E-state index in [1.807, 2.05) is 0 Å². The van der Waals surface area contributed by atoms with Crippen LogP contribution in [0.15, 0.2) is 29.3 Å². The van der Waals surface area contributed by atoms with Crippen molar-refractivity contribution in [3.63, 3.8) is 0 Å². The molecule has 3 saturated heterocycles. The third kappa shape index (κ3) is 2.77. The number of nitrogens with zero attached hydrogens (tertiary/aromatic N) is 4. The van der Waals surface area contributed by atoms with Gasteiger partial charge >= 0.3 is 0 Å². The monoisotopic (exact) mass is 403 g/mol. The van der Waals surface area contributed by atoms with Crippen LogP contribution in [0.1, 0.15) is 33.7 Å². The number of hydrogen-bond acceptors (Lipinski definition) is 7. The Morgan fingerprint density at radius 3 is 3.04 bits per heavy atom. The summed E-state index contributed by atoms with van der Waals surface area (Å²) in [5.74, 6) is -0.0952. The van der Waals surface area contributed by atoms with E-state index in [0.29, 0.717) is 30.2 Å². The topological polar surface area (TPSA) is 110 Å². The molecule has 5 rings (SSSR count). The first-order valence-electron chi connectivity index (χ1n) is 9.19. The predicted molar refractivity (Wildman–Crippen MR) is 95.6 cm³/mol. The van der Waals surface area contributed by atoms with Crippen molar-refractivity contribution in [2.24, 2.45) is 11.8 Å². The van der Waals surface area contributed by atoms with E-state index in [9.17, 15) is 9.59 Å². The quantitative estimate of drug-likeness (QED) is 0.815. The first kappa shape index (κ1) is 17.6. The van der Waals surface area contributed by atoms with Gasteiger partial charge in [0.2, 0.25) is 0 Å². The lowest BCUT2D eigenvalue weighted by atomic mass is 9.73. The van der Waals surface area contributed by atoms with E-state index in [1.54, 1.807) is 11.0 Å². The number of carbonyl (C=O) groups excluding carboxylic acids is 2. The van der Waals surface area contributed by atoms with Gasteiger partial charge in [-0.2, -0.15) is 0 Å². The third-order valence-corrected chi connectivity index (χ3v) is 6.32. The highest BCUT2D eigenvalue weighted by Crippen LogP contribution is 2.54. The Hall–Kier alpha value is -2.52. The van der Waals surface area contributed by atoms with Gasteiger partial charge in [-0.05, 0) is 24.1 Å². The molecule has 146 valence electrons. The minimum Gasteiger partial charge on any atom is -0.369 e. The zero-order chi connectivity index (χ0) is 19.3. The maximum atomic E-state index is 12.6. The summed E-state index contributed by atoms with van der Waals surface area (Å²) in [6.45, 7) is 1.58. The highest BCUT2D eigenvalue weighted by atomic mass is 35.5. The van der Waals surface area contributed by atoms with Crippen LogP contribution in [0.5, 0.6) is 0 Å². The highest BCUT2D eigenvalue weighted by Gasteiger charge is 2.63. The van der Waals surface area contributed by atoms with Gasteiger partial charge in [0.05, 0.1) is 28.8 Å². The molecule has 5 heterocycles. The van der Waals surface area contributed by atoms with E-state index < -0.39 is 0 Å². The second kappa shape index (κ2) is 6.52. The van der Waals surface area contributed by atoms with Gasteiger partial charge in [0, 0.05) is 37.3 Å². The second-order valence-electron chi connectivity index (χ2n) is 7.61. The Morgan fingerprint density at radius 2 is 2.25 bits per heavy atom. The van der Waals surface area contributed by atoms with Crippen molar-refractivity contribution < 1.29 is 19.0 Å². The summed E-state index contributed by atoms with van der Waals surface area (Å²) in [6, 6.07) is 1.59. The van der Waals surface area contributed by atoms with Crippen molar-refractivity contribution in [2.75, 3.05) is 19.6 Å². The standard InChI is InChI=1S/C18H18ClN5O4/c19-11-3-10(4-20-5-11)16(25)21-6-12-13-8-24(17(26)14-7-22-28-23-14)9-18(13)2-1-15(12)27-18/h3-5,7,12-13,15H,1-2,6,8-9H2,(H,21,25)/t12-,13+,15+,18+/m0/s1. The van der Waals surface area contributed by atoms with E-state index in [1.165, 1.54) is 18.6 Å². The largest absolute Gasteiger partial charge is 0.369 e. The molecule has 3 fully saturated rings. The molecule has 0 unspecified atom stereocenters. The van der Waals surface area contributed by atoms with Crippen molar-refractivity contribution in [1.29, 1.82) is 0 Å².